The van der Waals surface area contributed by atoms with Gasteiger partial charge in [-0.25, -0.2) is 8.42 Å². The number of sulfonamides is 1. The molecule has 1 aliphatic heterocycles. The molecule has 0 atom stereocenters. The highest BCUT2D eigenvalue weighted by atomic mass is 35.5. The molecule has 1 saturated heterocycles. The molecule has 134 valence electrons. The molecule has 3 rings (SSSR count). The number of aryl methyl sites for hydroxylation is 1. The number of rotatable bonds is 5. The molecule has 6 heteroatoms. The second kappa shape index (κ2) is 7.87. The molecule has 0 aliphatic carbocycles. The SMILES string of the molecule is CCc1ccc(S(=O)(=O)N2CCN(Cc3ccccc3Cl)CC2)cc1. The quantitative estimate of drug-likeness (QED) is 0.800. The third-order valence-electron chi connectivity index (χ3n) is 4.65. The van der Waals surface area contributed by atoms with Gasteiger partial charge in [0.05, 0.1) is 4.90 Å². The summed E-state index contributed by atoms with van der Waals surface area (Å²) in [5.74, 6) is 0. The van der Waals surface area contributed by atoms with E-state index in [0.717, 1.165) is 29.1 Å². The van der Waals surface area contributed by atoms with Crippen LogP contribution in [0.5, 0.6) is 0 Å². The van der Waals surface area contributed by atoms with Crippen LogP contribution in [0.2, 0.25) is 5.02 Å². The second-order valence-corrected chi connectivity index (χ2v) is 8.61. The van der Waals surface area contributed by atoms with Crippen LogP contribution in [-0.2, 0) is 23.0 Å². The van der Waals surface area contributed by atoms with Gasteiger partial charge in [0, 0.05) is 37.7 Å². The fraction of sp³-hybridized carbons (Fsp3) is 0.368. The van der Waals surface area contributed by atoms with Crippen molar-refractivity contribution in [2.75, 3.05) is 26.2 Å². The molecule has 0 unspecified atom stereocenters. The number of hydrogen-bond acceptors (Lipinski definition) is 3. The van der Waals surface area contributed by atoms with Gasteiger partial charge < -0.3 is 0 Å². The molecule has 0 radical (unpaired) electrons. The summed E-state index contributed by atoms with van der Waals surface area (Å²) in [6.07, 6.45) is 0.904. The summed E-state index contributed by atoms with van der Waals surface area (Å²) >= 11 is 6.22. The zero-order chi connectivity index (χ0) is 17.9. The summed E-state index contributed by atoms with van der Waals surface area (Å²) < 4.78 is 27.2. The van der Waals surface area contributed by atoms with Crippen LogP contribution in [0, 0.1) is 0 Å². The standard InChI is InChI=1S/C19H23ClN2O2S/c1-2-16-7-9-18(10-8-16)25(23,24)22-13-11-21(12-14-22)15-17-5-3-4-6-19(17)20/h3-10H,2,11-15H2,1H3. The van der Waals surface area contributed by atoms with E-state index in [1.807, 2.05) is 36.4 Å². The molecule has 2 aromatic carbocycles. The first-order valence-corrected chi connectivity index (χ1v) is 10.4. The number of nitrogens with zero attached hydrogens (tertiary/aromatic N) is 2. The van der Waals surface area contributed by atoms with E-state index in [9.17, 15) is 8.42 Å². The highest BCUT2D eigenvalue weighted by molar-refractivity contribution is 7.89. The third-order valence-corrected chi connectivity index (χ3v) is 6.93. The van der Waals surface area contributed by atoms with Crippen LogP contribution in [0.4, 0.5) is 0 Å². The van der Waals surface area contributed by atoms with Crippen LogP contribution >= 0.6 is 11.6 Å². The molecule has 0 saturated carbocycles. The molecule has 1 aliphatic rings. The Hall–Kier alpha value is -1.40. The lowest BCUT2D eigenvalue weighted by Crippen LogP contribution is -2.48. The predicted octanol–water partition coefficient (Wildman–Crippen LogP) is 3.41. The van der Waals surface area contributed by atoms with Crippen LogP contribution in [0.15, 0.2) is 53.4 Å². The van der Waals surface area contributed by atoms with E-state index in [-0.39, 0.29) is 0 Å². The Balaban J connectivity index is 1.64. The predicted molar refractivity (Wildman–Crippen MR) is 101 cm³/mol. The number of hydrogen-bond donors (Lipinski definition) is 0. The molecule has 1 heterocycles. The van der Waals surface area contributed by atoms with Crippen LogP contribution in [-0.4, -0.2) is 43.8 Å². The van der Waals surface area contributed by atoms with Crippen LogP contribution in [0.3, 0.4) is 0 Å². The van der Waals surface area contributed by atoms with Gasteiger partial charge in [-0.1, -0.05) is 48.9 Å². The largest absolute Gasteiger partial charge is 0.296 e. The van der Waals surface area contributed by atoms with Gasteiger partial charge >= 0.3 is 0 Å². The normalized spacial score (nSPS) is 16.9. The molecule has 0 N–H and O–H groups in total. The van der Waals surface area contributed by atoms with Gasteiger partial charge in [-0.05, 0) is 35.7 Å². The maximum Gasteiger partial charge on any atom is 0.243 e. The maximum absolute atomic E-state index is 12.8. The lowest BCUT2D eigenvalue weighted by Gasteiger charge is -2.34. The molecule has 4 nitrogen and oxygen atoms in total. The van der Waals surface area contributed by atoms with Crippen molar-refractivity contribution < 1.29 is 8.42 Å². The average Bonchev–Trinajstić information content (AvgIpc) is 2.64. The third kappa shape index (κ3) is 4.23. The molecule has 25 heavy (non-hydrogen) atoms. The molecule has 0 aromatic heterocycles. The molecular formula is C19H23ClN2O2S. The van der Waals surface area contributed by atoms with Crippen molar-refractivity contribution in [3.05, 3.63) is 64.7 Å². The summed E-state index contributed by atoms with van der Waals surface area (Å²) in [6, 6.07) is 15.0. The van der Waals surface area contributed by atoms with E-state index < -0.39 is 10.0 Å². The van der Waals surface area contributed by atoms with Crippen molar-refractivity contribution in [3.63, 3.8) is 0 Å². The Morgan fingerprint density at radius 2 is 1.60 bits per heavy atom. The minimum absolute atomic E-state index is 0.379. The average molecular weight is 379 g/mol. The van der Waals surface area contributed by atoms with Crippen molar-refractivity contribution >= 4 is 21.6 Å². The summed E-state index contributed by atoms with van der Waals surface area (Å²) in [5, 5.41) is 0.758. The van der Waals surface area contributed by atoms with E-state index >= 15 is 0 Å². The Morgan fingerprint density at radius 3 is 2.20 bits per heavy atom. The minimum atomic E-state index is -3.41. The summed E-state index contributed by atoms with van der Waals surface area (Å²) in [7, 11) is -3.41. The van der Waals surface area contributed by atoms with Gasteiger partial charge in [-0.3, -0.25) is 4.90 Å². The fourth-order valence-corrected chi connectivity index (χ4v) is 4.66. The molecule has 1 fully saturated rings. The highest BCUT2D eigenvalue weighted by Crippen LogP contribution is 2.21. The minimum Gasteiger partial charge on any atom is -0.296 e. The van der Waals surface area contributed by atoms with E-state index in [1.165, 1.54) is 0 Å². The van der Waals surface area contributed by atoms with Crippen LogP contribution < -0.4 is 0 Å². The zero-order valence-electron chi connectivity index (χ0n) is 14.4. The van der Waals surface area contributed by atoms with Crippen LogP contribution in [0.1, 0.15) is 18.1 Å². The van der Waals surface area contributed by atoms with Crippen molar-refractivity contribution in [3.8, 4) is 0 Å². The first-order chi connectivity index (χ1) is 12.0. The topological polar surface area (TPSA) is 40.6 Å². The zero-order valence-corrected chi connectivity index (χ0v) is 15.9. The van der Waals surface area contributed by atoms with E-state index in [2.05, 4.69) is 11.8 Å². The first-order valence-electron chi connectivity index (χ1n) is 8.55. The van der Waals surface area contributed by atoms with Gasteiger partial charge in [0.1, 0.15) is 0 Å². The van der Waals surface area contributed by atoms with Gasteiger partial charge in [0.25, 0.3) is 0 Å². The highest BCUT2D eigenvalue weighted by Gasteiger charge is 2.28. The van der Waals surface area contributed by atoms with Crippen molar-refractivity contribution in [1.29, 1.82) is 0 Å². The molecule has 0 amide bonds. The first kappa shape index (κ1) is 18.4. The fourth-order valence-electron chi connectivity index (χ4n) is 3.04. The lowest BCUT2D eigenvalue weighted by atomic mass is 10.2. The Morgan fingerprint density at radius 1 is 0.960 bits per heavy atom. The number of piperazine rings is 1. The van der Waals surface area contributed by atoms with E-state index in [0.29, 0.717) is 31.1 Å². The maximum atomic E-state index is 12.8. The van der Waals surface area contributed by atoms with E-state index in [1.54, 1.807) is 16.4 Å². The monoisotopic (exact) mass is 378 g/mol. The molecule has 0 spiro atoms. The Bertz CT molecular complexity index is 814. The number of benzene rings is 2. The number of halogens is 1. The smallest absolute Gasteiger partial charge is 0.243 e. The van der Waals surface area contributed by atoms with Crippen molar-refractivity contribution in [2.24, 2.45) is 0 Å². The van der Waals surface area contributed by atoms with Gasteiger partial charge in [0.2, 0.25) is 10.0 Å². The van der Waals surface area contributed by atoms with E-state index in [4.69, 9.17) is 11.6 Å². The van der Waals surface area contributed by atoms with Gasteiger partial charge in [0.15, 0.2) is 0 Å². The Labute approximate surface area is 155 Å². The molecule has 2 aromatic rings. The van der Waals surface area contributed by atoms with Gasteiger partial charge in [-0.2, -0.15) is 4.31 Å². The van der Waals surface area contributed by atoms with Crippen molar-refractivity contribution in [1.82, 2.24) is 9.21 Å². The summed E-state index contributed by atoms with van der Waals surface area (Å²) in [4.78, 5) is 2.62. The second-order valence-electron chi connectivity index (χ2n) is 6.27. The summed E-state index contributed by atoms with van der Waals surface area (Å²) in [5.41, 5.74) is 2.22. The molecule has 0 bridgehead atoms. The van der Waals surface area contributed by atoms with Crippen LogP contribution in [0.25, 0.3) is 0 Å². The lowest BCUT2D eigenvalue weighted by molar-refractivity contribution is 0.181. The van der Waals surface area contributed by atoms with Crippen molar-refractivity contribution in [2.45, 2.75) is 24.8 Å². The Kier molecular flexibility index (Phi) is 5.79. The summed E-state index contributed by atoms with van der Waals surface area (Å²) in [6.45, 7) is 5.22. The molecular weight excluding hydrogens is 356 g/mol. The van der Waals surface area contributed by atoms with Gasteiger partial charge in [-0.15, -0.1) is 0 Å².